The monoisotopic (exact) mass is 365 g/mol. The molecule has 7 nitrogen and oxygen atoms in total. The minimum atomic E-state index is -4.50. The Morgan fingerprint density at radius 1 is 1.42 bits per heavy atom. The Morgan fingerprint density at radius 3 is 2.85 bits per heavy atom. The van der Waals surface area contributed by atoms with Crippen molar-refractivity contribution in [2.24, 2.45) is 0 Å². The second-order valence-corrected chi connectivity index (χ2v) is 6.00. The molecule has 1 aliphatic rings. The number of nitriles is 1. The average Bonchev–Trinajstić information content (AvgIpc) is 3.21. The standard InChI is InChI=1S/C16H14F3N5O2/c1-9-5-12(7-24(9)8-20)21-13(25)15-23-22-14(26-15)10-3-2-4-11(6-10)16(17,18)19/h2-4,6,9,12H,5,7H2,1H3,(H,21,25)/t9-,12-/m1/s1. The van der Waals surface area contributed by atoms with Crippen LogP contribution in [0.1, 0.15) is 29.6 Å². The van der Waals surface area contributed by atoms with Crippen molar-refractivity contribution >= 4 is 5.91 Å². The van der Waals surface area contributed by atoms with E-state index in [4.69, 9.17) is 9.68 Å². The number of benzene rings is 1. The number of nitrogens with one attached hydrogen (secondary N) is 1. The van der Waals surface area contributed by atoms with Gasteiger partial charge in [0.05, 0.1) is 5.56 Å². The number of halogens is 3. The first-order chi connectivity index (χ1) is 12.3. The van der Waals surface area contributed by atoms with E-state index in [0.717, 1.165) is 12.1 Å². The van der Waals surface area contributed by atoms with Gasteiger partial charge in [-0.25, -0.2) is 0 Å². The van der Waals surface area contributed by atoms with E-state index in [1.54, 1.807) is 4.90 Å². The van der Waals surface area contributed by atoms with Gasteiger partial charge < -0.3 is 14.6 Å². The number of aromatic nitrogens is 2. The van der Waals surface area contributed by atoms with Crippen molar-refractivity contribution in [1.82, 2.24) is 20.4 Å². The van der Waals surface area contributed by atoms with Crippen LogP contribution in [0.4, 0.5) is 13.2 Å². The van der Waals surface area contributed by atoms with Crippen molar-refractivity contribution < 1.29 is 22.4 Å². The highest BCUT2D eigenvalue weighted by atomic mass is 19.4. The van der Waals surface area contributed by atoms with Crippen molar-refractivity contribution in [2.75, 3.05) is 6.54 Å². The summed E-state index contributed by atoms with van der Waals surface area (Å²) in [6, 6.07) is 4.16. The lowest BCUT2D eigenvalue weighted by Crippen LogP contribution is -2.36. The van der Waals surface area contributed by atoms with E-state index < -0.39 is 17.6 Å². The molecule has 3 rings (SSSR count). The predicted molar refractivity (Wildman–Crippen MR) is 82.4 cm³/mol. The Morgan fingerprint density at radius 2 is 2.19 bits per heavy atom. The second-order valence-electron chi connectivity index (χ2n) is 6.00. The van der Waals surface area contributed by atoms with E-state index in [1.165, 1.54) is 12.1 Å². The Labute approximate surface area is 146 Å². The fourth-order valence-corrected chi connectivity index (χ4v) is 2.78. The lowest BCUT2D eigenvalue weighted by molar-refractivity contribution is -0.137. The third kappa shape index (κ3) is 3.61. The van der Waals surface area contributed by atoms with Gasteiger partial charge in [0.15, 0.2) is 6.19 Å². The summed E-state index contributed by atoms with van der Waals surface area (Å²) < 4.78 is 43.5. The van der Waals surface area contributed by atoms with Gasteiger partial charge in [-0.05, 0) is 31.5 Å². The molecule has 1 aromatic carbocycles. The summed E-state index contributed by atoms with van der Waals surface area (Å²) in [4.78, 5) is 13.7. The molecular weight excluding hydrogens is 351 g/mol. The van der Waals surface area contributed by atoms with Gasteiger partial charge in [-0.1, -0.05) is 6.07 Å². The zero-order valence-corrected chi connectivity index (χ0v) is 13.6. The molecule has 1 aromatic heterocycles. The first-order valence-electron chi connectivity index (χ1n) is 7.76. The summed E-state index contributed by atoms with van der Waals surface area (Å²) in [5.41, 5.74) is -0.785. The zero-order valence-electron chi connectivity index (χ0n) is 13.6. The van der Waals surface area contributed by atoms with Crippen LogP contribution < -0.4 is 5.32 Å². The highest BCUT2D eigenvalue weighted by Crippen LogP contribution is 2.31. The van der Waals surface area contributed by atoms with E-state index in [-0.39, 0.29) is 29.4 Å². The third-order valence-electron chi connectivity index (χ3n) is 4.09. The lowest BCUT2D eigenvalue weighted by atomic mass is 10.1. The van der Waals surface area contributed by atoms with Crippen LogP contribution in [-0.4, -0.2) is 39.6 Å². The van der Waals surface area contributed by atoms with Crippen molar-refractivity contribution in [3.63, 3.8) is 0 Å². The van der Waals surface area contributed by atoms with Gasteiger partial charge in [-0.2, -0.15) is 18.4 Å². The molecule has 2 atom stereocenters. The molecule has 1 amide bonds. The third-order valence-corrected chi connectivity index (χ3v) is 4.09. The van der Waals surface area contributed by atoms with Crippen LogP contribution in [0.5, 0.6) is 0 Å². The Balaban J connectivity index is 1.72. The fraction of sp³-hybridized carbons (Fsp3) is 0.375. The number of hydrogen-bond donors (Lipinski definition) is 1. The minimum Gasteiger partial charge on any atom is -0.412 e. The topological polar surface area (TPSA) is 95.1 Å². The van der Waals surface area contributed by atoms with Gasteiger partial charge in [0.25, 0.3) is 0 Å². The van der Waals surface area contributed by atoms with Gasteiger partial charge in [0.1, 0.15) is 0 Å². The van der Waals surface area contributed by atoms with E-state index in [1.807, 2.05) is 13.1 Å². The molecular formula is C16H14F3N5O2. The number of rotatable bonds is 3. The maximum Gasteiger partial charge on any atom is 0.416 e. The molecule has 0 aliphatic carbocycles. The van der Waals surface area contributed by atoms with Crippen molar-refractivity contribution in [3.8, 4) is 17.6 Å². The van der Waals surface area contributed by atoms with Crippen LogP contribution in [0.25, 0.3) is 11.5 Å². The summed E-state index contributed by atoms with van der Waals surface area (Å²) in [6.45, 7) is 2.24. The summed E-state index contributed by atoms with van der Waals surface area (Å²) in [7, 11) is 0. The number of likely N-dealkylation sites (tertiary alicyclic amines) is 1. The Kier molecular flexibility index (Phi) is 4.54. The maximum absolute atomic E-state index is 12.8. The molecule has 1 N–H and O–H groups in total. The van der Waals surface area contributed by atoms with Crippen LogP contribution in [0.3, 0.4) is 0 Å². The van der Waals surface area contributed by atoms with E-state index in [2.05, 4.69) is 15.5 Å². The number of carbonyl (C=O) groups is 1. The molecule has 1 aliphatic heterocycles. The first kappa shape index (κ1) is 17.7. The zero-order chi connectivity index (χ0) is 18.9. The Hall–Kier alpha value is -3.09. The average molecular weight is 365 g/mol. The molecule has 2 heterocycles. The summed E-state index contributed by atoms with van der Waals surface area (Å²) in [6.07, 6.45) is -1.87. The molecule has 26 heavy (non-hydrogen) atoms. The molecule has 1 fully saturated rings. The van der Waals surface area contributed by atoms with Gasteiger partial charge >= 0.3 is 18.0 Å². The number of nitrogens with zero attached hydrogens (tertiary/aromatic N) is 4. The first-order valence-corrected chi connectivity index (χ1v) is 7.76. The van der Waals surface area contributed by atoms with Gasteiger partial charge in [0, 0.05) is 24.2 Å². The molecule has 136 valence electrons. The molecule has 1 saturated heterocycles. The number of alkyl halides is 3. The van der Waals surface area contributed by atoms with Gasteiger partial charge in [-0.15, -0.1) is 10.2 Å². The minimum absolute atomic E-state index is 0.00801. The highest BCUT2D eigenvalue weighted by Gasteiger charge is 2.32. The van der Waals surface area contributed by atoms with E-state index in [9.17, 15) is 18.0 Å². The molecule has 0 radical (unpaired) electrons. The highest BCUT2D eigenvalue weighted by molar-refractivity contribution is 5.90. The van der Waals surface area contributed by atoms with Crippen LogP contribution >= 0.6 is 0 Å². The fourth-order valence-electron chi connectivity index (χ4n) is 2.78. The number of carbonyl (C=O) groups excluding carboxylic acids is 1. The van der Waals surface area contributed by atoms with E-state index in [0.29, 0.717) is 13.0 Å². The van der Waals surface area contributed by atoms with Gasteiger partial charge in [-0.3, -0.25) is 4.79 Å². The molecule has 0 saturated carbocycles. The second kappa shape index (κ2) is 6.67. The number of amides is 1. The largest absolute Gasteiger partial charge is 0.416 e. The SMILES string of the molecule is C[C@@H]1C[C@@H](NC(=O)c2nnc(-c3cccc(C(F)(F)F)c3)o2)CN1C#N. The smallest absolute Gasteiger partial charge is 0.412 e. The van der Waals surface area contributed by atoms with Crippen molar-refractivity contribution in [1.29, 1.82) is 5.26 Å². The lowest BCUT2D eigenvalue weighted by Gasteiger charge is -2.11. The normalized spacial score (nSPS) is 20.0. The molecule has 0 unspecified atom stereocenters. The van der Waals surface area contributed by atoms with Crippen LogP contribution in [-0.2, 0) is 6.18 Å². The summed E-state index contributed by atoms with van der Waals surface area (Å²) in [5, 5.41) is 18.9. The molecule has 2 aromatic rings. The molecule has 0 bridgehead atoms. The summed E-state index contributed by atoms with van der Waals surface area (Å²) >= 11 is 0. The number of hydrogen-bond acceptors (Lipinski definition) is 6. The Bertz CT molecular complexity index is 858. The van der Waals surface area contributed by atoms with Crippen molar-refractivity contribution in [2.45, 2.75) is 31.6 Å². The van der Waals surface area contributed by atoms with Crippen LogP contribution in [0.2, 0.25) is 0 Å². The maximum atomic E-state index is 12.8. The predicted octanol–water partition coefficient (Wildman–Crippen LogP) is 2.43. The van der Waals surface area contributed by atoms with E-state index >= 15 is 0 Å². The molecule has 0 spiro atoms. The summed E-state index contributed by atoms with van der Waals surface area (Å²) in [5.74, 6) is -1.16. The quantitative estimate of drug-likeness (QED) is 0.840. The van der Waals surface area contributed by atoms with Crippen LogP contribution in [0.15, 0.2) is 28.7 Å². The van der Waals surface area contributed by atoms with Crippen molar-refractivity contribution in [3.05, 3.63) is 35.7 Å². The van der Waals surface area contributed by atoms with Crippen LogP contribution in [0, 0.1) is 11.5 Å². The van der Waals surface area contributed by atoms with Gasteiger partial charge in [0.2, 0.25) is 5.89 Å². The molecule has 10 heteroatoms.